The smallest absolute Gasteiger partial charge is 0.123 e. The van der Waals surface area contributed by atoms with Gasteiger partial charge in [0.05, 0.1) is 6.10 Å². The van der Waals surface area contributed by atoms with Gasteiger partial charge in [0.25, 0.3) is 0 Å². The van der Waals surface area contributed by atoms with Crippen molar-refractivity contribution >= 4 is 0 Å². The molecule has 24 heavy (non-hydrogen) atoms. The van der Waals surface area contributed by atoms with E-state index < -0.39 is 6.10 Å². The Morgan fingerprint density at radius 3 is 2.46 bits per heavy atom. The van der Waals surface area contributed by atoms with Crippen molar-refractivity contribution < 1.29 is 14.6 Å². The molecule has 1 atom stereocenters. The van der Waals surface area contributed by atoms with E-state index in [1.807, 2.05) is 25.1 Å². The summed E-state index contributed by atoms with van der Waals surface area (Å²) < 4.78 is 13.0. The molecule has 1 unspecified atom stereocenters. The van der Waals surface area contributed by atoms with Gasteiger partial charge in [0.1, 0.15) is 11.6 Å². The molecular formula is C20H24FNO2. The molecule has 1 aliphatic heterocycles. The topological polar surface area (TPSA) is 43.7 Å². The zero-order valence-corrected chi connectivity index (χ0v) is 14.0. The first-order valence-corrected chi connectivity index (χ1v) is 8.48. The first kappa shape index (κ1) is 16.9. The van der Waals surface area contributed by atoms with Crippen LogP contribution in [0.4, 0.5) is 4.39 Å². The van der Waals surface area contributed by atoms with Gasteiger partial charge < -0.3 is 10.2 Å². The van der Waals surface area contributed by atoms with Crippen LogP contribution in [-0.4, -0.2) is 28.2 Å². The number of phenols is 1. The molecule has 0 spiro atoms. The molecule has 2 N–H and O–H groups in total. The Hall–Kier alpha value is -1.91. The fourth-order valence-corrected chi connectivity index (χ4v) is 3.45. The normalized spacial score (nSPS) is 17.8. The predicted octanol–water partition coefficient (Wildman–Crippen LogP) is 3.79. The lowest BCUT2D eigenvalue weighted by atomic mass is 9.87. The monoisotopic (exact) mass is 329 g/mol. The van der Waals surface area contributed by atoms with Crippen LogP contribution in [0.2, 0.25) is 0 Å². The summed E-state index contributed by atoms with van der Waals surface area (Å²) in [5.74, 6) is 0.294. The van der Waals surface area contributed by atoms with Crippen molar-refractivity contribution in [3.63, 3.8) is 0 Å². The molecule has 0 bridgehead atoms. The van der Waals surface area contributed by atoms with Crippen LogP contribution < -0.4 is 0 Å². The quantitative estimate of drug-likeness (QED) is 0.897. The van der Waals surface area contributed by atoms with Crippen LogP contribution >= 0.6 is 0 Å². The number of aliphatic hydroxyl groups is 1. The number of aryl methyl sites for hydroxylation is 1. The van der Waals surface area contributed by atoms with E-state index in [0.29, 0.717) is 5.75 Å². The molecule has 0 saturated carbocycles. The van der Waals surface area contributed by atoms with Gasteiger partial charge in [-0.3, -0.25) is 4.90 Å². The second kappa shape index (κ2) is 7.32. The third-order valence-electron chi connectivity index (χ3n) is 5.01. The highest BCUT2D eigenvalue weighted by atomic mass is 19.1. The minimum absolute atomic E-state index is 0.192. The number of para-hydroxylation sites is 1. The lowest BCUT2D eigenvalue weighted by Gasteiger charge is -2.34. The second-order valence-corrected chi connectivity index (χ2v) is 6.69. The number of phenolic OH excluding ortho intramolecular Hbond substituents is 1. The number of likely N-dealkylation sites (tertiary alicyclic amines) is 1. The fourth-order valence-electron chi connectivity index (χ4n) is 3.45. The molecule has 1 fully saturated rings. The minimum atomic E-state index is -0.542. The third kappa shape index (κ3) is 3.77. The summed E-state index contributed by atoms with van der Waals surface area (Å²) >= 11 is 0. The molecule has 0 amide bonds. The number of benzene rings is 2. The van der Waals surface area contributed by atoms with Gasteiger partial charge in [0.2, 0.25) is 0 Å². The first-order chi connectivity index (χ1) is 11.5. The van der Waals surface area contributed by atoms with Gasteiger partial charge in [-0.1, -0.05) is 30.3 Å². The molecule has 0 radical (unpaired) electrons. The molecule has 2 aromatic carbocycles. The molecule has 2 aromatic rings. The van der Waals surface area contributed by atoms with E-state index in [1.165, 1.54) is 12.1 Å². The van der Waals surface area contributed by atoms with Crippen LogP contribution in [0.3, 0.4) is 0 Å². The molecule has 4 heteroatoms. The Balaban J connectivity index is 1.57. The van der Waals surface area contributed by atoms with E-state index in [-0.39, 0.29) is 11.7 Å². The molecule has 1 saturated heterocycles. The van der Waals surface area contributed by atoms with Crippen LogP contribution in [0.1, 0.15) is 35.6 Å². The van der Waals surface area contributed by atoms with Crippen molar-refractivity contribution in [2.24, 2.45) is 5.92 Å². The van der Waals surface area contributed by atoms with Gasteiger partial charge in [-0.15, -0.1) is 0 Å². The van der Waals surface area contributed by atoms with Crippen molar-refractivity contribution in [3.05, 3.63) is 65.0 Å². The average Bonchev–Trinajstić information content (AvgIpc) is 2.60. The predicted molar refractivity (Wildman–Crippen MR) is 92.2 cm³/mol. The number of aliphatic hydroxyl groups excluding tert-OH is 1. The van der Waals surface area contributed by atoms with Crippen LogP contribution in [0, 0.1) is 18.7 Å². The highest BCUT2D eigenvalue weighted by molar-refractivity contribution is 5.39. The van der Waals surface area contributed by atoms with E-state index in [4.69, 9.17) is 0 Å². The second-order valence-electron chi connectivity index (χ2n) is 6.69. The van der Waals surface area contributed by atoms with E-state index in [2.05, 4.69) is 4.90 Å². The standard InChI is InChI=1S/C20H24FNO2/c1-14-3-2-4-17(19(14)23)13-22-11-9-16(10-12-22)20(24)15-5-7-18(21)8-6-15/h2-8,16,20,23-24H,9-13H2,1H3. The molecule has 1 heterocycles. The molecular weight excluding hydrogens is 305 g/mol. The van der Waals surface area contributed by atoms with Gasteiger partial charge in [0, 0.05) is 12.1 Å². The molecule has 0 aromatic heterocycles. The maximum atomic E-state index is 13.0. The summed E-state index contributed by atoms with van der Waals surface area (Å²) in [4.78, 5) is 2.31. The van der Waals surface area contributed by atoms with Gasteiger partial charge >= 0.3 is 0 Å². The zero-order valence-electron chi connectivity index (χ0n) is 14.0. The minimum Gasteiger partial charge on any atom is -0.507 e. The van der Waals surface area contributed by atoms with Crippen LogP contribution in [0.15, 0.2) is 42.5 Å². The van der Waals surface area contributed by atoms with Crippen molar-refractivity contribution in [2.75, 3.05) is 13.1 Å². The van der Waals surface area contributed by atoms with Crippen molar-refractivity contribution in [2.45, 2.75) is 32.4 Å². The number of piperidine rings is 1. The molecule has 0 aliphatic carbocycles. The fraction of sp³-hybridized carbons (Fsp3) is 0.400. The maximum Gasteiger partial charge on any atom is 0.123 e. The number of halogens is 1. The van der Waals surface area contributed by atoms with E-state index >= 15 is 0 Å². The van der Waals surface area contributed by atoms with Crippen molar-refractivity contribution in [1.82, 2.24) is 4.90 Å². The summed E-state index contributed by atoms with van der Waals surface area (Å²) in [6, 6.07) is 12.0. The molecule has 3 rings (SSSR count). The van der Waals surface area contributed by atoms with Gasteiger partial charge in [-0.2, -0.15) is 0 Å². The molecule has 3 nitrogen and oxygen atoms in total. The van der Waals surface area contributed by atoms with Crippen molar-refractivity contribution in [3.8, 4) is 5.75 Å². The van der Waals surface area contributed by atoms with Gasteiger partial charge in [-0.25, -0.2) is 4.39 Å². The lowest BCUT2D eigenvalue weighted by Crippen LogP contribution is -2.35. The van der Waals surface area contributed by atoms with Crippen LogP contribution in [-0.2, 0) is 6.54 Å². The lowest BCUT2D eigenvalue weighted by molar-refractivity contribution is 0.0565. The largest absolute Gasteiger partial charge is 0.507 e. The highest BCUT2D eigenvalue weighted by Crippen LogP contribution is 2.32. The Morgan fingerprint density at radius 2 is 1.79 bits per heavy atom. The number of rotatable bonds is 4. The Bertz CT molecular complexity index is 679. The summed E-state index contributed by atoms with van der Waals surface area (Å²) in [5.41, 5.74) is 2.63. The highest BCUT2D eigenvalue weighted by Gasteiger charge is 2.26. The van der Waals surface area contributed by atoms with Crippen molar-refractivity contribution in [1.29, 1.82) is 0 Å². The number of nitrogens with zero attached hydrogens (tertiary/aromatic N) is 1. The first-order valence-electron chi connectivity index (χ1n) is 8.48. The molecule has 128 valence electrons. The van der Waals surface area contributed by atoms with Crippen LogP contribution in [0.5, 0.6) is 5.75 Å². The summed E-state index contributed by atoms with van der Waals surface area (Å²) in [6.45, 7) is 4.41. The van der Waals surface area contributed by atoms with Crippen LogP contribution in [0.25, 0.3) is 0 Å². The Morgan fingerprint density at radius 1 is 1.12 bits per heavy atom. The van der Waals surface area contributed by atoms with Gasteiger partial charge in [0.15, 0.2) is 0 Å². The summed E-state index contributed by atoms with van der Waals surface area (Å²) in [5, 5.41) is 20.7. The zero-order chi connectivity index (χ0) is 17.1. The Kier molecular flexibility index (Phi) is 5.17. The molecule has 1 aliphatic rings. The summed E-state index contributed by atoms with van der Waals surface area (Å²) in [6.07, 6.45) is 1.25. The van der Waals surface area contributed by atoms with E-state index in [0.717, 1.165) is 49.2 Å². The summed E-state index contributed by atoms with van der Waals surface area (Å²) in [7, 11) is 0. The van der Waals surface area contributed by atoms with E-state index in [1.54, 1.807) is 12.1 Å². The SMILES string of the molecule is Cc1cccc(CN2CCC(C(O)c3ccc(F)cc3)CC2)c1O. The number of hydrogen-bond acceptors (Lipinski definition) is 3. The average molecular weight is 329 g/mol. The Labute approximate surface area is 142 Å². The maximum absolute atomic E-state index is 13.0. The van der Waals surface area contributed by atoms with Gasteiger partial charge in [-0.05, 0) is 62.0 Å². The number of hydrogen-bond donors (Lipinski definition) is 2. The number of aromatic hydroxyl groups is 1. The third-order valence-corrected chi connectivity index (χ3v) is 5.01. The van der Waals surface area contributed by atoms with E-state index in [9.17, 15) is 14.6 Å².